The lowest BCUT2D eigenvalue weighted by Gasteiger charge is -2.19. The average molecular weight is 331 g/mol. The van der Waals surface area contributed by atoms with E-state index in [1.165, 1.54) is 11.1 Å². The van der Waals surface area contributed by atoms with Crippen LogP contribution in [-0.2, 0) is 21.4 Å². The monoisotopic (exact) mass is 331 g/mol. The fourth-order valence-corrected chi connectivity index (χ4v) is 3.12. The van der Waals surface area contributed by atoms with Gasteiger partial charge >= 0.3 is 5.97 Å². The molecule has 1 unspecified atom stereocenters. The van der Waals surface area contributed by atoms with E-state index in [0.29, 0.717) is 25.9 Å². The van der Waals surface area contributed by atoms with Gasteiger partial charge < -0.3 is 10.0 Å². The van der Waals surface area contributed by atoms with Crippen LogP contribution in [0.5, 0.6) is 0 Å². The van der Waals surface area contributed by atoms with E-state index >= 15 is 0 Å². The number of carboxylic acids is 1. The van der Waals surface area contributed by atoms with Gasteiger partial charge in [0.05, 0.1) is 5.92 Å². The first-order chi connectivity index (χ1) is 11.3. The molecule has 0 radical (unpaired) electrons. The number of carbonyl (C=O) groups excluding carboxylic acids is 1. The maximum Gasteiger partial charge on any atom is 0.308 e. The molecule has 1 heterocycles. The third kappa shape index (κ3) is 5.08. The molecule has 4 nitrogen and oxygen atoms in total. The standard InChI is InChI=1S/C20H29NO3/c1-20(2,3)17-10-8-15(9-11-17)6-4-5-7-18(22)21-13-12-16(14-21)19(23)24/h8-11,16H,4-7,12-14H2,1-3H3,(H,23,24). The lowest BCUT2D eigenvalue weighted by Crippen LogP contribution is -2.29. The molecule has 0 aliphatic carbocycles. The molecular formula is C20H29NO3. The predicted molar refractivity (Wildman–Crippen MR) is 95.0 cm³/mol. The van der Waals surface area contributed by atoms with Crippen molar-refractivity contribution in [3.8, 4) is 0 Å². The molecule has 0 saturated carbocycles. The zero-order chi connectivity index (χ0) is 17.7. The van der Waals surface area contributed by atoms with Crippen LogP contribution < -0.4 is 0 Å². The summed E-state index contributed by atoms with van der Waals surface area (Å²) in [7, 11) is 0. The van der Waals surface area contributed by atoms with E-state index in [9.17, 15) is 9.59 Å². The SMILES string of the molecule is CC(C)(C)c1ccc(CCCCC(=O)N2CCC(C(=O)O)C2)cc1. The van der Waals surface area contributed by atoms with Crippen LogP contribution in [0.25, 0.3) is 0 Å². The molecule has 1 aliphatic rings. The zero-order valence-corrected chi connectivity index (χ0v) is 15.0. The molecular weight excluding hydrogens is 302 g/mol. The number of aliphatic carboxylic acids is 1. The summed E-state index contributed by atoms with van der Waals surface area (Å²) in [6, 6.07) is 8.74. The smallest absolute Gasteiger partial charge is 0.308 e. The Balaban J connectivity index is 1.69. The van der Waals surface area contributed by atoms with Gasteiger partial charge in [-0.2, -0.15) is 0 Å². The van der Waals surface area contributed by atoms with Crippen molar-refractivity contribution in [2.75, 3.05) is 13.1 Å². The summed E-state index contributed by atoms with van der Waals surface area (Å²) in [6.45, 7) is 7.59. The van der Waals surface area contributed by atoms with Crippen molar-refractivity contribution in [2.24, 2.45) is 5.92 Å². The Morgan fingerprint density at radius 2 is 1.83 bits per heavy atom. The highest BCUT2D eigenvalue weighted by molar-refractivity contribution is 5.78. The molecule has 1 amide bonds. The number of amides is 1. The number of hydrogen-bond acceptors (Lipinski definition) is 2. The van der Waals surface area contributed by atoms with Crippen LogP contribution in [0.15, 0.2) is 24.3 Å². The lowest BCUT2D eigenvalue weighted by atomic mass is 9.86. The third-order valence-corrected chi connectivity index (χ3v) is 4.82. The number of benzene rings is 1. The first kappa shape index (κ1) is 18.5. The van der Waals surface area contributed by atoms with Crippen molar-refractivity contribution in [1.82, 2.24) is 4.90 Å². The molecule has 4 heteroatoms. The molecule has 1 aromatic carbocycles. The Morgan fingerprint density at radius 3 is 2.38 bits per heavy atom. The van der Waals surface area contributed by atoms with E-state index in [2.05, 4.69) is 45.0 Å². The fraction of sp³-hybridized carbons (Fsp3) is 0.600. The summed E-state index contributed by atoms with van der Waals surface area (Å²) in [5, 5.41) is 8.98. The maximum absolute atomic E-state index is 12.1. The lowest BCUT2D eigenvalue weighted by molar-refractivity contribution is -0.141. The van der Waals surface area contributed by atoms with Gasteiger partial charge in [-0.3, -0.25) is 9.59 Å². The molecule has 1 N–H and O–H groups in total. The largest absolute Gasteiger partial charge is 0.481 e. The number of aryl methyl sites for hydroxylation is 1. The third-order valence-electron chi connectivity index (χ3n) is 4.82. The number of hydrogen-bond donors (Lipinski definition) is 1. The van der Waals surface area contributed by atoms with Gasteiger partial charge in [0.2, 0.25) is 5.91 Å². The second kappa shape index (κ2) is 7.82. The maximum atomic E-state index is 12.1. The van der Waals surface area contributed by atoms with E-state index < -0.39 is 5.97 Å². The van der Waals surface area contributed by atoms with Gasteiger partial charge in [-0.15, -0.1) is 0 Å². The molecule has 132 valence electrons. The van der Waals surface area contributed by atoms with Gasteiger partial charge in [0, 0.05) is 19.5 Å². The first-order valence-corrected chi connectivity index (χ1v) is 8.87. The predicted octanol–water partition coefficient (Wildman–Crippen LogP) is 3.63. The van der Waals surface area contributed by atoms with Crippen molar-refractivity contribution in [3.63, 3.8) is 0 Å². The zero-order valence-electron chi connectivity index (χ0n) is 15.0. The average Bonchev–Trinajstić information content (AvgIpc) is 3.01. The van der Waals surface area contributed by atoms with Gasteiger partial charge in [0.25, 0.3) is 0 Å². The number of nitrogens with zero attached hydrogens (tertiary/aromatic N) is 1. The highest BCUT2D eigenvalue weighted by Gasteiger charge is 2.30. The van der Waals surface area contributed by atoms with Crippen molar-refractivity contribution >= 4 is 11.9 Å². The van der Waals surface area contributed by atoms with E-state index in [1.807, 2.05) is 0 Å². The molecule has 1 aromatic rings. The Labute approximate surface area is 144 Å². The van der Waals surface area contributed by atoms with Crippen molar-refractivity contribution in [2.45, 2.75) is 58.3 Å². The molecule has 1 aliphatic heterocycles. The molecule has 24 heavy (non-hydrogen) atoms. The summed E-state index contributed by atoms with van der Waals surface area (Å²) < 4.78 is 0. The second-order valence-corrected chi connectivity index (χ2v) is 7.82. The molecule has 1 fully saturated rings. The highest BCUT2D eigenvalue weighted by atomic mass is 16.4. The minimum absolute atomic E-state index is 0.0989. The number of unbranched alkanes of at least 4 members (excludes halogenated alkanes) is 1. The van der Waals surface area contributed by atoms with E-state index in [4.69, 9.17) is 5.11 Å². The summed E-state index contributed by atoms with van der Waals surface area (Å²) in [4.78, 5) is 24.8. The van der Waals surface area contributed by atoms with Crippen molar-refractivity contribution in [1.29, 1.82) is 0 Å². The summed E-state index contributed by atoms with van der Waals surface area (Å²) >= 11 is 0. The minimum Gasteiger partial charge on any atom is -0.481 e. The summed E-state index contributed by atoms with van der Waals surface area (Å²) in [5.74, 6) is -1.07. The van der Waals surface area contributed by atoms with Crippen LogP contribution in [0, 0.1) is 5.92 Å². The quantitative estimate of drug-likeness (QED) is 0.810. The Bertz CT molecular complexity index is 572. The molecule has 1 atom stereocenters. The topological polar surface area (TPSA) is 57.6 Å². The molecule has 0 aromatic heterocycles. The number of likely N-dealkylation sites (tertiary alicyclic amines) is 1. The first-order valence-electron chi connectivity index (χ1n) is 8.87. The number of rotatable bonds is 6. The Morgan fingerprint density at radius 1 is 1.17 bits per heavy atom. The molecule has 0 bridgehead atoms. The van der Waals surface area contributed by atoms with Crippen LogP contribution in [-0.4, -0.2) is 35.0 Å². The van der Waals surface area contributed by atoms with Crippen LogP contribution in [0.2, 0.25) is 0 Å². The number of carbonyl (C=O) groups is 2. The van der Waals surface area contributed by atoms with Gasteiger partial charge in [-0.1, -0.05) is 45.0 Å². The minimum atomic E-state index is -0.788. The van der Waals surface area contributed by atoms with Gasteiger partial charge in [-0.05, 0) is 42.2 Å². The summed E-state index contributed by atoms with van der Waals surface area (Å²) in [5.41, 5.74) is 2.82. The normalized spacial score (nSPS) is 18.0. The van der Waals surface area contributed by atoms with E-state index in [1.54, 1.807) is 4.90 Å². The van der Waals surface area contributed by atoms with Gasteiger partial charge in [0.15, 0.2) is 0 Å². The van der Waals surface area contributed by atoms with E-state index in [0.717, 1.165) is 19.3 Å². The number of carboxylic acid groups (broad SMARTS) is 1. The fourth-order valence-electron chi connectivity index (χ4n) is 3.12. The molecule has 0 spiro atoms. The summed E-state index contributed by atoms with van der Waals surface area (Å²) in [6.07, 6.45) is 3.92. The molecule has 2 rings (SSSR count). The van der Waals surface area contributed by atoms with Gasteiger partial charge in [0.1, 0.15) is 0 Å². The Hall–Kier alpha value is -1.84. The van der Waals surface area contributed by atoms with Crippen LogP contribution in [0.3, 0.4) is 0 Å². The van der Waals surface area contributed by atoms with Gasteiger partial charge in [-0.25, -0.2) is 0 Å². The van der Waals surface area contributed by atoms with Crippen molar-refractivity contribution < 1.29 is 14.7 Å². The molecule has 1 saturated heterocycles. The van der Waals surface area contributed by atoms with Crippen LogP contribution in [0.1, 0.15) is 57.6 Å². The van der Waals surface area contributed by atoms with Crippen LogP contribution >= 0.6 is 0 Å². The van der Waals surface area contributed by atoms with E-state index in [-0.39, 0.29) is 17.2 Å². The highest BCUT2D eigenvalue weighted by Crippen LogP contribution is 2.23. The van der Waals surface area contributed by atoms with Crippen LogP contribution in [0.4, 0.5) is 0 Å². The Kier molecular flexibility index (Phi) is 6.03. The van der Waals surface area contributed by atoms with Crippen molar-refractivity contribution in [3.05, 3.63) is 35.4 Å². The second-order valence-electron chi connectivity index (χ2n) is 7.82.